The molecular formula is C28H22N2. The molecule has 4 aromatic carbocycles. The van der Waals surface area contributed by atoms with Crippen LogP contribution in [-0.4, -0.2) is 9.97 Å². The topological polar surface area (TPSA) is 25.8 Å². The Labute approximate surface area is 176 Å². The van der Waals surface area contributed by atoms with Crippen LogP contribution in [0, 0.1) is 6.92 Å². The summed E-state index contributed by atoms with van der Waals surface area (Å²) in [5.41, 5.74) is 8.20. The minimum absolute atomic E-state index is 0.154. The van der Waals surface area contributed by atoms with Gasteiger partial charge in [-0.15, -0.1) is 0 Å². The van der Waals surface area contributed by atoms with Crippen LogP contribution in [0.3, 0.4) is 0 Å². The first-order chi connectivity index (χ1) is 14.5. The lowest BCUT2D eigenvalue weighted by atomic mass is 9.84. The van der Waals surface area contributed by atoms with Gasteiger partial charge in [0.2, 0.25) is 0 Å². The number of aryl methyl sites for hydroxylation is 1. The van der Waals surface area contributed by atoms with Gasteiger partial charge in [-0.3, -0.25) is 0 Å². The third-order valence-electron chi connectivity index (χ3n) is 6.56. The Balaban J connectivity index is 1.71. The van der Waals surface area contributed by atoms with E-state index in [9.17, 15) is 0 Å². The van der Waals surface area contributed by atoms with Crippen molar-refractivity contribution in [3.05, 3.63) is 95.9 Å². The second kappa shape index (κ2) is 5.99. The van der Waals surface area contributed by atoms with Gasteiger partial charge in [0.1, 0.15) is 6.33 Å². The smallest absolute Gasteiger partial charge is 0.116 e. The second-order valence-corrected chi connectivity index (χ2v) is 8.85. The molecule has 0 fully saturated rings. The number of aromatic nitrogens is 2. The van der Waals surface area contributed by atoms with Gasteiger partial charge in [-0.25, -0.2) is 9.97 Å². The highest BCUT2D eigenvalue weighted by Crippen LogP contribution is 2.53. The van der Waals surface area contributed by atoms with Gasteiger partial charge in [-0.1, -0.05) is 86.1 Å². The molecule has 0 unspecified atom stereocenters. The number of rotatable bonds is 1. The van der Waals surface area contributed by atoms with E-state index < -0.39 is 0 Å². The molecule has 30 heavy (non-hydrogen) atoms. The molecule has 1 aliphatic rings. The van der Waals surface area contributed by atoms with Crippen molar-refractivity contribution < 1.29 is 0 Å². The molecule has 2 heteroatoms. The molecular weight excluding hydrogens is 364 g/mol. The lowest BCUT2D eigenvalue weighted by Gasteiger charge is -2.20. The summed E-state index contributed by atoms with van der Waals surface area (Å²) in [6, 6.07) is 26.4. The van der Waals surface area contributed by atoms with Crippen LogP contribution in [0.4, 0.5) is 0 Å². The first-order valence-electron chi connectivity index (χ1n) is 10.4. The maximum absolute atomic E-state index is 4.81. The summed E-state index contributed by atoms with van der Waals surface area (Å²) in [4.78, 5) is 9.59. The Bertz CT molecular complexity index is 1480. The van der Waals surface area contributed by atoms with Crippen molar-refractivity contribution in [1.29, 1.82) is 0 Å². The summed E-state index contributed by atoms with van der Waals surface area (Å²) < 4.78 is 0. The average molecular weight is 386 g/mol. The predicted octanol–water partition coefficient (Wildman–Crippen LogP) is 7.06. The first-order valence-corrected chi connectivity index (χ1v) is 10.4. The Kier molecular flexibility index (Phi) is 3.47. The monoisotopic (exact) mass is 386 g/mol. The minimum Gasteiger partial charge on any atom is -0.240 e. The van der Waals surface area contributed by atoms with E-state index in [1.165, 1.54) is 43.8 Å². The highest BCUT2D eigenvalue weighted by atomic mass is 14.9. The molecule has 1 heterocycles. The number of hydrogen-bond donors (Lipinski definition) is 0. The fraction of sp³-hybridized carbons (Fsp3) is 0.143. The van der Waals surface area contributed by atoms with Crippen molar-refractivity contribution >= 4 is 21.5 Å². The zero-order valence-corrected chi connectivity index (χ0v) is 17.4. The summed E-state index contributed by atoms with van der Waals surface area (Å²) in [5.74, 6) is 0. The van der Waals surface area contributed by atoms with Gasteiger partial charge in [0, 0.05) is 16.5 Å². The molecule has 1 aliphatic carbocycles. The van der Waals surface area contributed by atoms with Crippen LogP contribution in [0.15, 0.2) is 79.1 Å². The van der Waals surface area contributed by atoms with E-state index in [0.717, 1.165) is 17.0 Å². The van der Waals surface area contributed by atoms with Crippen molar-refractivity contribution in [2.45, 2.75) is 26.2 Å². The maximum atomic E-state index is 4.81. The highest BCUT2D eigenvalue weighted by Gasteiger charge is 2.39. The van der Waals surface area contributed by atoms with Crippen LogP contribution >= 0.6 is 0 Å². The maximum Gasteiger partial charge on any atom is 0.116 e. The molecule has 0 aliphatic heterocycles. The molecule has 0 bridgehead atoms. The quantitative estimate of drug-likeness (QED) is 0.308. The predicted molar refractivity (Wildman–Crippen MR) is 125 cm³/mol. The van der Waals surface area contributed by atoms with E-state index in [2.05, 4.69) is 93.6 Å². The fourth-order valence-corrected chi connectivity index (χ4v) is 5.02. The van der Waals surface area contributed by atoms with Crippen molar-refractivity contribution in [1.82, 2.24) is 9.97 Å². The van der Waals surface area contributed by atoms with E-state index in [0.29, 0.717) is 0 Å². The lowest BCUT2D eigenvalue weighted by molar-refractivity contribution is 0.635. The van der Waals surface area contributed by atoms with Crippen LogP contribution in [0.2, 0.25) is 0 Å². The molecule has 2 nitrogen and oxygen atoms in total. The van der Waals surface area contributed by atoms with Gasteiger partial charge in [-0.05, 0) is 45.7 Å². The highest BCUT2D eigenvalue weighted by molar-refractivity contribution is 6.05. The van der Waals surface area contributed by atoms with Crippen LogP contribution in [0.1, 0.15) is 30.7 Å². The van der Waals surface area contributed by atoms with Crippen LogP contribution < -0.4 is 0 Å². The van der Waals surface area contributed by atoms with Gasteiger partial charge < -0.3 is 0 Å². The van der Waals surface area contributed by atoms with Crippen LogP contribution in [0.5, 0.6) is 0 Å². The Hall–Kier alpha value is -3.52. The van der Waals surface area contributed by atoms with Gasteiger partial charge >= 0.3 is 0 Å². The van der Waals surface area contributed by atoms with Crippen molar-refractivity contribution in [3.63, 3.8) is 0 Å². The molecule has 0 N–H and O–H groups in total. The standard InChI is InChI=1S/C28H22N2/c1-17-8-12-22-20(14-17)11-13-23-24(22)25-26(29-16-30-27(25)28(23,2)3)21-10-9-18-6-4-5-7-19(18)15-21/h4-16H,1-3H3. The Morgan fingerprint density at radius 3 is 2.37 bits per heavy atom. The minimum atomic E-state index is -0.154. The van der Waals surface area contributed by atoms with Crippen molar-refractivity contribution in [2.24, 2.45) is 0 Å². The Morgan fingerprint density at radius 2 is 1.50 bits per heavy atom. The van der Waals surface area contributed by atoms with Crippen LogP contribution in [0.25, 0.3) is 43.9 Å². The molecule has 6 rings (SSSR count). The molecule has 0 saturated carbocycles. The van der Waals surface area contributed by atoms with E-state index in [1.807, 2.05) is 0 Å². The third kappa shape index (κ3) is 2.31. The van der Waals surface area contributed by atoms with Crippen molar-refractivity contribution in [2.75, 3.05) is 0 Å². The molecule has 0 spiro atoms. The van der Waals surface area contributed by atoms with E-state index in [-0.39, 0.29) is 5.41 Å². The van der Waals surface area contributed by atoms with Gasteiger partial charge in [0.05, 0.1) is 11.4 Å². The fourth-order valence-electron chi connectivity index (χ4n) is 5.02. The van der Waals surface area contributed by atoms with Gasteiger partial charge in [-0.2, -0.15) is 0 Å². The van der Waals surface area contributed by atoms with E-state index in [4.69, 9.17) is 9.97 Å². The third-order valence-corrected chi connectivity index (χ3v) is 6.56. The van der Waals surface area contributed by atoms with E-state index in [1.54, 1.807) is 6.33 Å². The van der Waals surface area contributed by atoms with Gasteiger partial charge in [0.25, 0.3) is 0 Å². The molecule has 0 amide bonds. The summed E-state index contributed by atoms with van der Waals surface area (Å²) in [6.45, 7) is 6.69. The number of fused-ring (bicyclic) bond motifs is 6. The first kappa shape index (κ1) is 17.3. The second-order valence-electron chi connectivity index (χ2n) is 8.85. The molecule has 0 atom stereocenters. The number of hydrogen-bond acceptors (Lipinski definition) is 2. The molecule has 144 valence electrons. The summed E-state index contributed by atoms with van der Waals surface area (Å²) in [6.07, 6.45) is 1.73. The Morgan fingerprint density at radius 1 is 0.700 bits per heavy atom. The molecule has 1 aromatic heterocycles. The molecule has 5 aromatic rings. The summed E-state index contributed by atoms with van der Waals surface area (Å²) in [7, 11) is 0. The van der Waals surface area contributed by atoms with E-state index >= 15 is 0 Å². The van der Waals surface area contributed by atoms with Crippen LogP contribution in [-0.2, 0) is 5.41 Å². The zero-order valence-electron chi connectivity index (χ0n) is 17.4. The lowest BCUT2D eigenvalue weighted by Crippen LogP contribution is -2.16. The molecule has 0 radical (unpaired) electrons. The van der Waals surface area contributed by atoms with Gasteiger partial charge in [0.15, 0.2) is 0 Å². The normalized spacial score (nSPS) is 14.1. The molecule has 0 saturated heterocycles. The largest absolute Gasteiger partial charge is 0.240 e. The van der Waals surface area contributed by atoms with Crippen molar-refractivity contribution in [3.8, 4) is 22.4 Å². The average Bonchev–Trinajstić information content (AvgIpc) is 3.00. The SMILES string of the molecule is Cc1ccc2c3c(ccc2c1)C(C)(C)c1ncnc(-c2ccc4ccccc4c2)c1-3. The number of nitrogens with zero attached hydrogens (tertiary/aromatic N) is 2. The summed E-state index contributed by atoms with van der Waals surface area (Å²) in [5, 5.41) is 5.02. The zero-order chi connectivity index (χ0) is 20.5. The number of benzene rings is 4. The summed E-state index contributed by atoms with van der Waals surface area (Å²) >= 11 is 0.